The molecule has 0 amide bonds. The number of ether oxygens (including phenoxy) is 13. The highest BCUT2D eigenvalue weighted by atomic mass is 16.8. The zero-order chi connectivity index (χ0) is 105. The molecule has 18 rings (SSSR count). The van der Waals surface area contributed by atoms with E-state index in [2.05, 4.69) is 96.5 Å². The van der Waals surface area contributed by atoms with Gasteiger partial charge in [-0.1, -0.05) is 96.7 Å². The van der Waals surface area contributed by atoms with E-state index in [0.717, 1.165) is 96.3 Å². The summed E-state index contributed by atoms with van der Waals surface area (Å²) in [5.74, 6) is 3.06. The van der Waals surface area contributed by atoms with Crippen molar-refractivity contribution in [3.05, 3.63) is 47.6 Å². The Bertz CT molecular complexity index is 4780. The Morgan fingerprint density at radius 2 is 0.712 bits per heavy atom. The lowest BCUT2D eigenvalue weighted by Crippen LogP contribution is -2.64. The van der Waals surface area contributed by atoms with Crippen molar-refractivity contribution in [2.45, 2.75) is 425 Å². The SMILES string of the molecule is CCC[C@@H](C)[C@H]1CC[C@H]2[C@@H]3[C@H](OCc4c[nH+]n(CO[C@@H]5OC(CO)[C@@H](O[C@H]6OC(CO)[C@@H](O)[C@H](O)C6O)[C@H](O)C5O)n4)C[C@@H]4C[C@H](O)CC[C@]4(C)[C@H]3C[C@H](OCc3cn([C@@H]4OC(CO)[C@@H](O[C@H]5OC(CO)[C@@H](O)[C@H](O)C5O)[C@H](O)C4O)nn3)[C@]12C.CCC[C@@H](C)[C@H]1CC[C@H]2[C@@H]3[C@H](OCc4cn([C@@H]5OC(CO)[C@@H](O)[C@H](O)C5O)nn4)C[C@@H]4C[C@H](O)CC[C@]4(C)[C@H]3C[C@H](OCc3cn([C@@H]4OC(CO)[C@@H](O)[C@H](O)C4O)nn3)[C@]12C. The lowest BCUT2D eigenvalue weighted by molar-refractivity contribution is -0.511. The Kier molecular flexibility index (Phi) is 35.8. The number of aliphatic hydroxyl groups is 24. The summed E-state index contributed by atoms with van der Waals surface area (Å²) in [5.41, 5.74) is 1.26. The molecule has 49 heteroatoms. The molecular weight excluding hydrogens is 1930 g/mol. The van der Waals surface area contributed by atoms with Gasteiger partial charge >= 0.3 is 0 Å². The molecule has 14 aliphatic rings. The van der Waals surface area contributed by atoms with E-state index in [1.807, 2.05) is 0 Å². The lowest BCUT2D eigenvalue weighted by Gasteiger charge is -2.64. The van der Waals surface area contributed by atoms with Crippen LogP contribution in [-0.2, 0) is 94.7 Å². The van der Waals surface area contributed by atoms with Crippen LogP contribution in [0.1, 0.15) is 212 Å². The smallest absolute Gasteiger partial charge is 0.244 e. The highest BCUT2D eigenvalue weighted by Gasteiger charge is 2.70. The first kappa shape index (κ1) is 112. The molecule has 14 fully saturated rings. The van der Waals surface area contributed by atoms with Gasteiger partial charge in [0.25, 0.3) is 0 Å². The Labute approximate surface area is 845 Å². The number of nitrogens with zero attached hydrogens (tertiary/aromatic N) is 11. The summed E-state index contributed by atoms with van der Waals surface area (Å²) in [6.07, 6.45) is -24.7. The highest BCUT2D eigenvalue weighted by molar-refractivity contribution is 5.19. The van der Waals surface area contributed by atoms with Crippen molar-refractivity contribution in [1.82, 2.24) is 54.9 Å². The fourth-order valence-electron chi connectivity index (χ4n) is 29.3. The predicted octanol–water partition coefficient (Wildman–Crippen LogP) is -5.21. The zero-order valence-corrected chi connectivity index (χ0v) is 84.0. The van der Waals surface area contributed by atoms with Gasteiger partial charge in [0.1, 0.15) is 170 Å². The summed E-state index contributed by atoms with van der Waals surface area (Å²) in [6, 6.07) is 0. The minimum atomic E-state index is -1.81. The zero-order valence-electron chi connectivity index (χ0n) is 84.0. The summed E-state index contributed by atoms with van der Waals surface area (Å²) in [6.45, 7) is 14.9. The first-order valence-corrected chi connectivity index (χ1v) is 52.6. The van der Waals surface area contributed by atoms with Crippen LogP contribution in [-0.4, -0.2) is 419 Å². The molecule has 6 saturated heterocycles. The van der Waals surface area contributed by atoms with Crippen LogP contribution >= 0.6 is 0 Å². The van der Waals surface area contributed by atoms with Crippen LogP contribution in [0.4, 0.5) is 0 Å². The molecule has 10 heterocycles. The molecule has 25 N–H and O–H groups in total. The third kappa shape index (κ3) is 21.4. The lowest BCUT2D eigenvalue weighted by atomic mass is 9.43. The third-order valence-corrected chi connectivity index (χ3v) is 37.3. The van der Waals surface area contributed by atoms with Gasteiger partial charge in [0.15, 0.2) is 43.8 Å². The molecular formula is C97H159N12O37+. The van der Waals surface area contributed by atoms with Crippen molar-refractivity contribution < 1.29 is 189 Å². The number of H-pyrrole nitrogens is 1. The summed E-state index contributed by atoms with van der Waals surface area (Å²) in [7, 11) is 0. The number of aromatic amines is 1. The molecule has 8 saturated carbocycles. The molecule has 146 heavy (non-hydrogen) atoms. The number of aromatic nitrogens is 12. The second-order valence-corrected chi connectivity index (χ2v) is 45.3. The fourth-order valence-corrected chi connectivity index (χ4v) is 29.3. The predicted molar refractivity (Wildman–Crippen MR) is 492 cm³/mol. The Hall–Kier alpha value is -4.92. The molecule has 0 radical (unpaired) electrons. The third-order valence-electron chi connectivity index (χ3n) is 37.3. The average molecular weight is 2090 g/mol. The molecule has 4 aromatic rings. The molecule has 52 atom stereocenters. The van der Waals surface area contributed by atoms with E-state index >= 15 is 0 Å². The van der Waals surface area contributed by atoms with E-state index in [1.54, 1.807) is 24.8 Å². The van der Waals surface area contributed by atoms with Crippen molar-refractivity contribution in [2.75, 3.05) is 39.6 Å². The fraction of sp³-hybridized carbons (Fsp3) is 0.918. The van der Waals surface area contributed by atoms with Gasteiger partial charge in [-0.25, -0.2) is 14.0 Å². The maximum Gasteiger partial charge on any atom is 0.244 e. The van der Waals surface area contributed by atoms with Crippen LogP contribution in [0, 0.1) is 92.7 Å². The van der Waals surface area contributed by atoms with Gasteiger partial charge in [-0.2, -0.15) is 5.10 Å². The molecule has 49 nitrogen and oxygen atoms in total. The molecule has 0 aromatic carbocycles. The number of nitrogens with one attached hydrogen (secondary N) is 1. The van der Waals surface area contributed by atoms with Crippen molar-refractivity contribution in [3.63, 3.8) is 0 Å². The number of rotatable bonds is 34. The normalized spacial score (nSPS) is 47.4. The monoisotopic (exact) mass is 2080 g/mol. The van der Waals surface area contributed by atoms with Crippen molar-refractivity contribution in [2.24, 2.45) is 92.7 Å². The topological polar surface area (TPSA) is 730 Å². The second kappa shape index (κ2) is 46.6. The van der Waals surface area contributed by atoms with Crippen molar-refractivity contribution >= 4 is 0 Å². The van der Waals surface area contributed by atoms with Gasteiger partial charge in [-0.05, 0) is 177 Å². The number of hydrogen-bond donors (Lipinski definition) is 24. The van der Waals surface area contributed by atoms with Gasteiger partial charge in [-0.15, -0.1) is 15.3 Å². The van der Waals surface area contributed by atoms with E-state index in [4.69, 9.17) is 61.6 Å². The Morgan fingerprint density at radius 3 is 1.11 bits per heavy atom. The van der Waals surface area contributed by atoms with Gasteiger partial charge in [0.2, 0.25) is 12.4 Å². The molecule has 0 bridgehead atoms. The van der Waals surface area contributed by atoms with Crippen molar-refractivity contribution in [3.8, 4) is 0 Å². The highest BCUT2D eigenvalue weighted by Crippen LogP contribution is 2.72. The first-order valence-electron chi connectivity index (χ1n) is 52.6. The maximum atomic E-state index is 11.4. The standard InChI is InChI=1S/C55H90N6O24.C42H68N6O13/c1-5-6-23(2)28-7-8-29-37-30(13-36(55(28,29)4)78-21-26-15-60(59-57-26)50-44(73)42(71)48(34(18-64)80-50)84-52-45(74)40(69)38(67)32(16-62)81-52)54(3)10-9-27(66)11-24(54)12-31(37)77-20-25-14-56-61(58-25)22-79-51-47(76)43(72)49(35(19-65)83-51)85-53-46(75)41(70)39(68)33(17-63)82-53;1-5-6-20(2)25-7-8-26-32-27(13-31(42(25,26)4)59-19-23-15-48(46-44-23)40-38(57)36(55)34(53)30(17-50)61-40)41(3)10-9-24(51)11-21(41)12-28(32)58-18-22-14-47(45-43-22)39-37(56)35(54)33(52)29(16-49)60-39/h14-15,23-24,27-53,62-76H,5-13,16-22H2,1-4H3;14-15,20-21,24-40,49-57H,5-13,16-19H2,1-4H3/p+1/t23-,24+,27-,28-,29+,30+,31-,32?,33?,34?,35?,36+,37+,38-,39-,40+,41+,42-,43-,44?,45?,46?,47?,48-,49-,50-,51-,52-,53-,54+,55-;20-,21+,24-,25-,26+,27+,28-,29?,30?,31+,32+,33-,34-,35+,36+,37?,38?,39-,40-,41+,42-/m11/s1. The summed E-state index contributed by atoms with van der Waals surface area (Å²) < 4.78 is 83.5. The molecule has 4 aromatic heterocycles. The average Bonchev–Trinajstić information content (AvgIpc) is 1.44. The summed E-state index contributed by atoms with van der Waals surface area (Å²) in [4.78, 5) is 1.35. The second-order valence-electron chi connectivity index (χ2n) is 45.3. The van der Waals surface area contributed by atoms with Crippen LogP contribution in [0.5, 0.6) is 0 Å². The summed E-state index contributed by atoms with van der Waals surface area (Å²) in [5, 5.41) is 285. The molecule has 828 valence electrons. The minimum absolute atomic E-state index is 0.0491. The van der Waals surface area contributed by atoms with E-state index in [1.165, 1.54) is 18.8 Å². The van der Waals surface area contributed by atoms with E-state index in [-0.39, 0.29) is 133 Å². The van der Waals surface area contributed by atoms with Gasteiger partial charge < -0.3 is 184 Å². The van der Waals surface area contributed by atoms with Crippen LogP contribution in [0.15, 0.2) is 24.8 Å². The summed E-state index contributed by atoms with van der Waals surface area (Å²) >= 11 is 0. The Balaban J connectivity index is 0.000000211. The van der Waals surface area contributed by atoms with E-state index in [9.17, 15) is 123 Å². The number of fused-ring (bicyclic) bond motifs is 10. The van der Waals surface area contributed by atoms with E-state index < -0.39 is 230 Å². The van der Waals surface area contributed by atoms with Gasteiger partial charge in [-0.3, -0.25) is 0 Å². The molecule has 12 unspecified atom stereocenters. The van der Waals surface area contributed by atoms with Gasteiger partial charge in [0.05, 0.1) is 115 Å². The van der Waals surface area contributed by atoms with Crippen molar-refractivity contribution in [1.29, 1.82) is 0 Å². The molecule has 0 spiro atoms. The van der Waals surface area contributed by atoms with Crippen LogP contribution in [0.25, 0.3) is 0 Å². The van der Waals surface area contributed by atoms with Gasteiger partial charge in [0, 0.05) is 15.9 Å². The largest absolute Gasteiger partial charge is 0.394 e. The van der Waals surface area contributed by atoms with Crippen LogP contribution in [0.3, 0.4) is 0 Å². The Morgan fingerprint density at radius 1 is 0.370 bits per heavy atom. The van der Waals surface area contributed by atoms with E-state index in [0.29, 0.717) is 65.7 Å². The minimum Gasteiger partial charge on any atom is -0.394 e. The van der Waals surface area contributed by atoms with Crippen LogP contribution in [0.2, 0.25) is 0 Å². The first-order chi connectivity index (χ1) is 69.7. The molecule has 6 aliphatic heterocycles. The number of aliphatic hydroxyl groups excluding tert-OH is 24. The number of hydrogen-bond acceptors (Lipinski definition) is 44. The molecule has 8 aliphatic carbocycles. The quantitative estimate of drug-likeness (QED) is 0.0208. The maximum absolute atomic E-state index is 11.4. The van der Waals surface area contributed by atoms with Crippen LogP contribution < -0.4 is 5.10 Å².